The van der Waals surface area contributed by atoms with E-state index in [0.29, 0.717) is 0 Å². The summed E-state index contributed by atoms with van der Waals surface area (Å²) in [6.45, 7) is 4.67. The van der Waals surface area contributed by atoms with Gasteiger partial charge in [-0.25, -0.2) is 4.57 Å². The molecule has 236 valence electrons. The molecule has 0 radical (unpaired) electrons. The van der Waals surface area contributed by atoms with E-state index in [-0.39, 0.29) is 5.41 Å². The summed E-state index contributed by atoms with van der Waals surface area (Å²) in [5.41, 5.74) is 10.8. The molecule has 0 bridgehead atoms. The van der Waals surface area contributed by atoms with Gasteiger partial charge in [0.05, 0.1) is 17.1 Å². The van der Waals surface area contributed by atoms with Gasteiger partial charge in [0.2, 0.25) is 0 Å². The molecule has 0 fully saturated rings. The fraction of sp³-hybridized carbons (Fsp3) is 0.0682. The number of ether oxygens (including phenoxy) is 1. The number of fused-ring (bicyclic) bond motifs is 6. The molecule has 0 N–H and O–H groups in total. The fourth-order valence-corrected chi connectivity index (χ4v) is 7.50. The van der Waals surface area contributed by atoms with Gasteiger partial charge in [0, 0.05) is 39.7 Å². The Morgan fingerprint density at radius 3 is 2.24 bits per heavy atom. The van der Waals surface area contributed by atoms with Crippen molar-refractivity contribution in [3.63, 3.8) is 0 Å². The molecule has 1 aliphatic heterocycles. The van der Waals surface area contributed by atoms with E-state index in [4.69, 9.17) is 4.74 Å². The van der Waals surface area contributed by atoms with E-state index in [2.05, 4.69) is 138 Å². The number of benzene rings is 5. The lowest BCUT2D eigenvalue weighted by Crippen LogP contribution is -2.31. The van der Waals surface area contributed by atoms with Gasteiger partial charge < -0.3 is 14.2 Å². The molecule has 5 heteroatoms. The molecule has 0 amide bonds. The Kier molecular flexibility index (Phi) is 6.56. The van der Waals surface area contributed by atoms with Crippen molar-refractivity contribution in [1.29, 1.82) is 0 Å². The zero-order chi connectivity index (χ0) is 33.1. The third-order valence-electron chi connectivity index (χ3n) is 9.75. The molecule has 0 aliphatic carbocycles. The molecular weight excluding hydrogens is 601 g/mol. The highest BCUT2D eigenvalue weighted by Gasteiger charge is 2.40. The van der Waals surface area contributed by atoms with Crippen molar-refractivity contribution in [3.8, 4) is 28.4 Å². The Bertz CT molecular complexity index is 2520. The third kappa shape index (κ3) is 4.58. The van der Waals surface area contributed by atoms with Gasteiger partial charge in [-0.1, -0.05) is 98.8 Å². The Hall–Kier alpha value is -6.33. The lowest BCUT2D eigenvalue weighted by atomic mass is 9.73. The van der Waals surface area contributed by atoms with Crippen molar-refractivity contribution in [3.05, 3.63) is 176 Å². The summed E-state index contributed by atoms with van der Waals surface area (Å²) in [6.07, 6.45) is 3.83. The highest BCUT2D eigenvalue weighted by Crippen LogP contribution is 2.55. The number of rotatable bonds is 5. The van der Waals surface area contributed by atoms with E-state index >= 15 is 0 Å². The van der Waals surface area contributed by atoms with Gasteiger partial charge in [-0.05, 0) is 79.0 Å². The molecule has 49 heavy (non-hydrogen) atoms. The predicted molar refractivity (Wildman–Crippen MR) is 198 cm³/mol. The highest BCUT2D eigenvalue weighted by molar-refractivity contribution is 6.14. The van der Waals surface area contributed by atoms with Crippen molar-refractivity contribution in [2.24, 2.45) is 0 Å². The van der Waals surface area contributed by atoms with Crippen LogP contribution in [0, 0.1) is 7.05 Å². The fourth-order valence-electron chi connectivity index (χ4n) is 7.50. The van der Waals surface area contributed by atoms with E-state index in [1.54, 1.807) is 0 Å². The molecule has 0 atom stereocenters. The van der Waals surface area contributed by atoms with Crippen LogP contribution >= 0.6 is 0 Å². The molecule has 0 unspecified atom stereocenters. The topological polar surface area (TPSA) is 34.2 Å². The maximum atomic E-state index is 6.54. The summed E-state index contributed by atoms with van der Waals surface area (Å²) < 4.78 is 10.9. The first-order valence-electron chi connectivity index (χ1n) is 16.6. The summed E-state index contributed by atoms with van der Waals surface area (Å²) in [5, 5.41) is 2.30. The second-order valence-corrected chi connectivity index (χ2v) is 13.1. The minimum atomic E-state index is -0.239. The molecule has 5 nitrogen and oxygen atoms in total. The highest BCUT2D eigenvalue weighted by atomic mass is 16.5. The van der Waals surface area contributed by atoms with Crippen LogP contribution in [0.25, 0.3) is 38.9 Å². The van der Waals surface area contributed by atoms with E-state index < -0.39 is 0 Å². The van der Waals surface area contributed by atoms with E-state index in [0.717, 1.165) is 61.8 Å². The zero-order valence-electron chi connectivity index (χ0n) is 27.4. The number of hydrogen-bond acceptors (Lipinski definition) is 3. The standard InChI is InChI=1S/C44H34N4O/c1-44(2)37-21-7-8-23-40(37)47(31-15-5-4-6-16-31)42-38(44)25-24-35-36-20-13-27-46(3)43(36)48(41(35)42)32-17-12-19-34(29-32)49-33-18-11-14-30(28-33)39-22-9-10-26-45-39/h4-29H,3H2,1-2H3. The van der Waals surface area contributed by atoms with Crippen LogP contribution in [-0.4, -0.2) is 9.55 Å². The van der Waals surface area contributed by atoms with E-state index in [9.17, 15) is 0 Å². The van der Waals surface area contributed by atoms with Crippen molar-refractivity contribution in [2.75, 3.05) is 4.90 Å². The van der Waals surface area contributed by atoms with Crippen LogP contribution in [-0.2, 0) is 5.41 Å². The monoisotopic (exact) mass is 634 g/mol. The average molecular weight is 635 g/mol. The van der Waals surface area contributed by atoms with Gasteiger partial charge >= 0.3 is 0 Å². The summed E-state index contributed by atoms with van der Waals surface area (Å²) >= 11 is 0. The molecular formula is C44H34N4O. The first kappa shape index (κ1) is 28.9. The molecule has 0 saturated carbocycles. The summed E-state index contributed by atoms with van der Waals surface area (Å²) in [6, 6.07) is 50.7. The van der Waals surface area contributed by atoms with Gasteiger partial charge in [-0.2, -0.15) is 0 Å². The number of hydrogen-bond donors (Lipinski definition) is 0. The predicted octanol–water partition coefficient (Wildman–Crippen LogP) is 10.7. The van der Waals surface area contributed by atoms with E-state index in [1.807, 2.05) is 59.4 Å². The Labute approximate surface area is 285 Å². The van der Waals surface area contributed by atoms with Gasteiger partial charge in [0.25, 0.3) is 0 Å². The lowest BCUT2D eigenvalue weighted by Gasteiger charge is -2.42. The molecule has 0 spiro atoms. The number of para-hydroxylation sites is 2. The lowest BCUT2D eigenvalue weighted by molar-refractivity contribution is -0.586. The smallest absolute Gasteiger partial charge is 0.192 e. The van der Waals surface area contributed by atoms with E-state index in [1.165, 1.54) is 16.8 Å². The average Bonchev–Trinajstić information content (AvgIpc) is 3.49. The van der Waals surface area contributed by atoms with Crippen LogP contribution < -0.4 is 14.2 Å². The van der Waals surface area contributed by atoms with Crippen LogP contribution in [0.3, 0.4) is 0 Å². The van der Waals surface area contributed by atoms with Crippen LogP contribution in [0.5, 0.6) is 11.5 Å². The van der Waals surface area contributed by atoms with Crippen molar-refractivity contribution in [1.82, 2.24) is 9.55 Å². The Morgan fingerprint density at radius 1 is 0.653 bits per heavy atom. The van der Waals surface area contributed by atoms with Crippen molar-refractivity contribution < 1.29 is 9.30 Å². The van der Waals surface area contributed by atoms with Gasteiger partial charge in [0.1, 0.15) is 17.2 Å². The Balaban J connectivity index is 1.29. The normalized spacial score (nSPS) is 13.3. The molecule has 3 aromatic heterocycles. The molecule has 9 rings (SSSR count). The van der Waals surface area contributed by atoms with Crippen LogP contribution in [0.4, 0.5) is 17.1 Å². The summed E-state index contributed by atoms with van der Waals surface area (Å²) in [5.74, 6) is 1.49. The minimum Gasteiger partial charge on any atom is -0.457 e. The van der Waals surface area contributed by atoms with Crippen LogP contribution in [0.15, 0.2) is 158 Å². The van der Waals surface area contributed by atoms with Crippen molar-refractivity contribution >= 4 is 39.0 Å². The first-order chi connectivity index (χ1) is 24.0. The van der Waals surface area contributed by atoms with Crippen LogP contribution in [0.2, 0.25) is 0 Å². The van der Waals surface area contributed by atoms with Gasteiger partial charge in [-0.15, -0.1) is 0 Å². The first-order valence-corrected chi connectivity index (χ1v) is 16.6. The molecule has 8 aromatic rings. The number of nitrogens with zero attached hydrogens (tertiary/aromatic N) is 4. The van der Waals surface area contributed by atoms with Gasteiger partial charge in [-0.3, -0.25) is 4.98 Å². The maximum Gasteiger partial charge on any atom is 0.192 e. The zero-order valence-corrected chi connectivity index (χ0v) is 27.4. The van der Waals surface area contributed by atoms with Gasteiger partial charge in [0.15, 0.2) is 11.2 Å². The van der Waals surface area contributed by atoms with Crippen molar-refractivity contribution in [2.45, 2.75) is 19.3 Å². The van der Waals surface area contributed by atoms with Crippen LogP contribution in [0.1, 0.15) is 25.0 Å². The quantitative estimate of drug-likeness (QED) is 0.140. The molecule has 1 aliphatic rings. The molecule has 5 aromatic carbocycles. The largest absolute Gasteiger partial charge is 0.457 e. The number of pyridine rings is 2. The SMILES string of the molecule is [CH2-][n+]1cccc2c3ccc4c(c3n(-c3cccc(Oc5cccc(-c6ccccn6)c5)c3)c21)N(c1ccccc1)c1ccccc1C4(C)C. The number of aromatic nitrogens is 3. The third-order valence-corrected chi connectivity index (χ3v) is 9.75. The maximum absolute atomic E-state index is 6.54. The number of anilines is 3. The minimum absolute atomic E-state index is 0.239. The second kappa shape index (κ2) is 11.1. The Morgan fingerprint density at radius 2 is 1.41 bits per heavy atom. The molecule has 4 heterocycles. The molecule has 0 saturated heterocycles. The summed E-state index contributed by atoms with van der Waals surface area (Å²) in [7, 11) is 4.46. The second-order valence-electron chi connectivity index (χ2n) is 13.1. The summed E-state index contributed by atoms with van der Waals surface area (Å²) in [4.78, 5) is 6.96.